The van der Waals surface area contributed by atoms with Gasteiger partial charge in [-0.3, -0.25) is 0 Å². The maximum absolute atomic E-state index is 9.62. The average Bonchev–Trinajstić information content (AvgIpc) is 2.14. The Kier molecular flexibility index (Phi) is 4.83. The van der Waals surface area contributed by atoms with Crippen LogP contribution < -0.4 is 0 Å². The summed E-state index contributed by atoms with van der Waals surface area (Å²) in [5.41, 5.74) is 1.06. The number of alkyl halides is 3. The second kappa shape index (κ2) is 5.45. The van der Waals surface area contributed by atoms with Crippen LogP contribution in [0.3, 0.4) is 0 Å². The number of aliphatic hydroxyl groups is 1. The molecular formula is C10H9Br3O. The van der Waals surface area contributed by atoms with E-state index in [2.05, 4.69) is 47.8 Å². The van der Waals surface area contributed by atoms with E-state index in [1.54, 1.807) is 6.08 Å². The predicted octanol–water partition coefficient (Wildman–Crippen LogP) is 3.90. The fourth-order valence-corrected chi connectivity index (χ4v) is 1.33. The summed E-state index contributed by atoms with van der Waals surface area (Å²) in [6, 6.07) is 9.81. The summed E-state index contributed by atoms with van der Waals surface area (Å²) in [5, 5.41) is 9.62. The van der Waals surface area contributed by atoms with E-state index in [1.807, 2.05) is 36.4 Å². The third-order valence-electron chi connectivity index (χ3n) is 1.61. The first-order chi connectivity index (χ1) is 6.50. The standard InChI is InChI=1S/C10H9Br3O/c11-10(12,13)9(14)7-6-8-4-2-1-3-5-8/h1-7,9,14H/b7-6+/t9-/m0/s1. The summed E-state index contributed by atoms with van der Waals surface area (Å²) >= 11 is 9.75. The van der Waals surface area contributed by atoms with E-state index in [0.29, 0.717) is 0 Å². The quantitative estimate of drug-likeness (QED) is 0.767. The number of aliphatic hydroxyl groups excluding tert-OH is 1. The van der Waals surface area contributed by atoms with E-state index in [4.69, 9.17) is 0 Å². The molecule has 0 fully saturated rings. The first-order valence-electron chi connectivity index (χ1n) is 3.98. The van der Waals surface area contributed by atoms with Crippen molar-refractivity contribution in [2.75, 3.05) is 0 Å². The molecule has 1 aromatic rings. The monoisotopic (exact) mass is 382 g/mol. The molecule has 0 bridgehead atoms. The van der Waals surface area contributed by atoms with Gasteiger partial charge in [-0.1, -0.05) is 90.3 Å². The molecule has 0 aliphatic carbocycles. The van der Waals surface area contributed by atoms with Crippen molar-refractivity contribution in [2.24, 2.45) is 0 Å². The fourth-order valence-electron chi connectivity index (χ4n) is 0.876. The van der Waals surface area contributed by atoms with Gasteiger partial charge in [-0.25, -0.2) is 0 Å². The molecule has 0 spiro atoms. The highest BCUT2D eigenvalue weighted by molar-refractivity contribution is 9.39. The van der Waals surface area contributed by atoms with Crippen molar-refractivity contribution in [3.05, 3.63) is 42.0 Å². The van der Waals surface area contributed by atoms with Crippen LogP contribution in [-0.2, 0) is 0 Å². The van der Waals surface area contributed by atoms with Gasteiger partial charge in [-0.15, -0.1) is 0 Å². The van der Waals surface area contributed by atoms with Gasteiger partial charge in [0.1, 0.15) is 6.10 Å². The van der Waals surface area contributed by atoms with E-state index in [1.165, 1.54) is 0 Å². The van der Waals surface area contributed by atoms with Crippen molar-refractivity contribution >= 4 is 53.9 Å². The Morgan fingerprint density at radius 1 is 1.14 bits per heavy atom. The van der Waals surface area contributed by atoms with Gasteiger partial charge in [0, 0.05) is 0 Å². The van der Waals surface area contributed by atoms with Crippen LogP contribution in [0.25, 0.3) is 6.08 Å². The minimum absolute atomic E-state index is 0.650. The van der Waals surface area contributed by atoms with Gasteiger partial charge in [-0.05, 0) is 5.56 Å². The van der Waals surface area contributed by atoms with Crippen LogP contribution in [0.1, 0.15) is 5.56 Å². The van der Waals surface area contributed by atoms with Gasteiger partial charge >= 0.3 is 0 Å². The molecule has 0 aromatic heterocycles. The maximum Gasteiger partial charge on any atom is 0.164 e. The minimum Gasteiger partial charge on any atom is -0.386 e. The third-order valence-corrected chi connectivity index (χ3v) is 3.01. The molecule has 1 atom stereocenters. The molecule has 0 unspecified atom stereocenters. The molecule has 1 nitrogen and oxygen atoms in total. The van der Waals surface area contributed by atoms with Crippen LogP contribution in [0, 0.1) is 0 Å². The van der Waals surface area contributed by atoms with Crippen LogP contribution in [0.15, 0.2) is 36.4 Å². The summed E-state index contributed by atoms with van der Waals surface area (Å²) in [6.07, 6.45) is 2.92. The Bertz CT molecular complexity index is 303. The number of hydrogen-bond acceptors (Lipinski definition) is 1. The number of benzene rings is 1. The maximum atomic E-state index is 9.62. The molecule has 4 heteroatoms. The summed E-state index contributed by atoms with van der Waals surface area (Å²) in [5.74, 6) is 0. The zero-order valence-electron chi connectivity index (χ0n) is 7.20. The number of rotatable bonds is 2. The van der Waals surface area contributed by atoms with Gasteiger partial charge in [-0.2, -0.15) is 0 Å². The van der Waals surface area contributed by atoms with Crippen LogP contribution in [-0.4, -0.2) is 13.4 Å². The molecule has 0 saturated heterocycles. The molecule has 0 amide bonds. The van der Waals surface area contributed by atoms with Gasteiger partial charge < -0.3 is 5.11 Å². The molecule has 0 saturated carbocycles. The SMILES string of the molecule is O[C@@H](/C=C/c1ccccc1)C(Br)(Br)Br. The zero-order valence-corrected chi connectivity index (χ0v) is 12.0. The van der Waals surface area contributed by atoms with Gasteiger partial charge in [0.25, 0.3) is 0 Å². The molecule has 1 rings (SSSR count). The van der Waals surface area contributed by atoms with Crippen molar-refractivity contribution in [1.29, 1.82) is 0 Å². The zero-order chi connectivity index (χ0) is 10.6. The van der Waals surface area contributed by atoms with Crippen molar-refractivity contribution < 1.29 is 5.11 Å². The molecule has 0 radical (unpaired) electrons. The Morgan fingerprint density at radius 2 is 1.71 bits per heavy atom. The second-order valence-electron chi connectivity index (χ2n) is 2.76. The average molecular weight is 385 g/mol. The Hall–Kier alpha value is 0.360. The largest absolute Gasteiger partial charge is 0.386 e. The van der Waals surface area contributed by atoms with E-state index >= 15 is 0 Å². The molecule has 1 N–H and O–H groups in total. The van der Waals surface area contributed by atoms with Gasteiger partial charge in [0.05, 0.1) is 0 Å². The molecule has 1 aromatic carbocycles. The Labute approximate surface area is 109 Å². The fraction of sp³-hybridized carbons (Fsp3) is 0.200. The lowest BCUT2D eigenvalue weighted by Gasteiger charge is -2.16. The van der Waals surface area contributed by atoms with E-state index in [-0.39, 0.29) is 0 Å². The lowest BCUT2D eigenvalue weighted by molar-refractivity contribution is 0.239. The number of hydrogen-bond donors (Lipinski definition) is 1. The molecule has 0 aliphatic heterocycles. The highest BCUT2D eigenvalue weighted by Crippen LogP contribution is 2.37. The van der Waals surface area contributed by atoms with E-state index < -0.39 is 8.25 Å². The summed E-state index contributed by atoms with van der Waals surface area (Å²) in [4.78, 5) is 0. The summed E-state index contributed by atoms with van der Waals surface area (Å²) < 4.78 is -0.654. The molecular weight excluding hydrogens is 376 g/mol. The molecule has 0 heterocycles. The molecule has 0 aliphatic rings. The van der Waals surface area contributed by atoms with Crippen LogP contribution in [0.4, 0.5) is 0 Å². The summed E-state index contributed by atoms with van der Waals surface area (Å²) in [7, 11) is 0. The lowest BCUT2D eigenvalue weighted by atomic mass is 10.2. The van der Waals surface area contributed by atoms with Crippen LogP contribution >= 0.6 is 47.8 Å². The minimum atomic E-state index is -0.654. The number of halogens is 3. The van der Waals surface area contributed by atoms with Crippen molar-refractivity contribution in [1.82, 2.24) is 0 Å². The molecule has 76 valence electrons. The van der Waals surface area contributed by atoms with Crippen LogP contribution in [0.5, 0.6) is 0 Å². The Morgan fingerprint density at radius 3 is 2.21 bits per heavy atom. The first kappa shape index (κ1) is 12.4. The van der Waals surface area contributed by atoms with Gasteiger partial charge in [0.15, 0.2) is 2.14 Å². The smallest absolute Gasteiger partial charge is 0.164 e. The van der Waals surface area contributed by atoms with Crippen molar-refractivity contribution in [2.45, 2.75) is 8.25 Å². The Balaban J connectivity index is 2.66. The van der Waals surface area contributed by atoms with Gasteiger partial charge in [0.2, 0.25) is 0 Å². The van der Waals surface area contributed by atoms with E-state index in [0.717, 1.165) is 5.56 Å². The van der Waals surface area contributed by atoms with E-state index in [9.17, 15) is 5.11 Å². The third kappa shape index (κ3) is 4.26. The highest BCUT2D eigenvalue weighted by atomic mass is 80.0. The molecule has 14 heavy (non-hydrogen) atoms. The summed E-state index contributed by atoms with van der Waals surface area (Å²) in [6.45, 7) is 0. The van der Waals surface area contributed by atoms with Crippen molar-refractivity contribution in [3.8, 4) is 0 Å². The topological polar surface area (TPSA) is 20.2 Å². The second-order valence-corrected chi connectivity index (χ2v) is 9.70. The lowest BCUT2D eigenvalue weighted by Crippen LogP contribution is -2.20. The first-order valence-corrected chi connectivity index (χ1v) is 6.36. The highest BCUT2D eigenvalue weighted by Gasteiger charge is 2.26. The van der Waals surface area contributed by atoms with Crippen LogP contribution in [0.2, 0.25) is 0 Å². The predicted molar refractivity (Wildman–Crippen MR) is 71.0 cm³/mol. The normalized spacial score (nSPS) is 14.6. The van der Waals surface area contributed by atoms with Crippen molar-refractivity contribution in [3.63, 3.8) is 0 Å².